The molecule has 0 unspecified atom stereocenters. The largest absolute Gasteiger partial charge is 0.466 e. The number of benzene rings is 2. The van der Waals surface area contributed by atoms with Crippen molar-refractivity contribution in [3.63, 3.8) is 0 Å². The molecule has 0 aliphatic carbocycles. The number of ether oxygens (including phenoxy) is 3. The Morgan fingerprint density at radius 2 is 1.57 bits per heavy atom. The SMILES string of the molecule is CCOC(=O)C1(C)CC[N+](C2(C(=O)OCC)CCN(C(=O)[C@@H](Cc3cc(Cl)c(N)c(C(F)(F)F)c3)OC(=O)N3CCC(N4CCc5ccccc5NC4=O)CC3)CC2)CC1. The second kappa shape index (κ2) is 18.5. The number of anilines is 2. The lowest BCUT2D eigenvalue weighted by atomic mass is 9.76. The van der Waals surface area contributed by atoms with Gasteiger partial charge < -0.3 is 40.0 Å². The molecule has 0 aromatic heterocycles. The number of esters is 2. The van der Waals surface area contributed by atoms with Crippen LogP contribution in [0.3, 0.4) is 0 Å². The Morgan fingerprint density at radius 3 is 2.20 bits per heavy atom. The summed E-state index contributed by atoms with van der Waals surface area (Å²) in [6, 6.07) is 9.23. The molecule has 0 saturated carbocycles. The molecule has 60 heavy (non-hydrogen) atoms. The van der Waals surface area contributed by atoms with Crippen molar-refractivity contribution in [1.29, 1.82) is 0 Å². The van der Waals surface area contributed by atoms with Crippen molar-refractivity contribution in [2.24, 2.45) is 5.41 Å². The summed E-state index contributed by atoms with van der Waals surface area (Å²) in [5, 5.41) is 2.61. The number of nitrogens with zero attached hydrogens (tertiary/aromatic N) is 4. The van der Waals surface area contributed by atoms with Gasteiger partial charge in [-0.25, -0.2) is 14.4 Å². The molecule has 18 heteroatoms. The second-order valence-corrected chi connectivity index (χ2v) is 16.6. The number of alkyl halides is 3. The highest BCUT2D eigenvalue weighted by molar-refractivity contribution is 6.33. The van der Waals surface area contributed by atoms with E-state index in [-0.39, 0.29) is 80.9 Å². The van der Waals surface area contributed by atoms with E-state index in [0.717, 1.165) is 17.3 Å². The fourth-order valence-electron chi connectivity index (χ4n) is 8.87. The van der Waals surface area contributed by atoms with E-state index >= 15 is 0 Å². The number of rotatable bonds is 10. The summed E-state index contributed by atoms with van der Waals surface area (Å²) in [6.07, 6.45) is -4.87. The zero-order valence-electron chi connectivity index (χ0n) is 34.3. The molecule has 3 saturated heterocycles. The highest BCUT2D eigenvalue weighted by Crippen LogP contribution is 2.40. The van der Waals surface area contributed by atoms with Crippen LogP contribution in [0.25, 0.3) is 0 Å². The fourth-order valence-corrected chi connectivity index (χ4v) is 9.11. The van der Waals surface area contributed by atoms with Gasteiger partial charge in [-0.05, 0) is 69.4 Å². The number of para-hydroxylation sites is 1. The Kier molecular flexibility index (Phi) is 13.8. The fraction of sp³-hybridized carbons (Fsp3) is 0.595. The number of hydrogen-bond donors (Lipinski definition) is 2. The third kappa shape index (κ3) is 9.56. The van der Waals surface area contributed by atoms with Crippen molar-refractivity contribution in [3.8, 4) is 0 Å². The van der Waals surface area contributed by atoms with Crippen molar-refractivity contribution < 1.29 is 51.4 Å². The van der Waals surface area contributed by atoms with Crippen LogP contribution in [0.15, 0.2) is 36.4 Å². The first-order valence-electron chi connectivity index (χ1n) is 20.6. The summed E-state index contributed by atoms with van der Waals surface area (Å²) in [7, 11) is 0. The van der Waals surface area contributed by atoms with E-state index in [9.17, 15) is 37.1 Å². The number of amides is 4. The number of hydrogen-bond acceptors (Lipinski definition) is 10. The molecule has 1 atom stereocenters. The van der Waals surface area contributed by atoms with Gasteiger partial charge in [0.2, 0.25) is 5.54 Å². The molecule has 4 heterocycles. The molecule has 4 aliphatic rings. The number of nitrogens with two attached hydrogens (primary N) is 1. The van der Waals surface area contributed by atoms with Crippen LogP contribution in [-0.4, -0.2) is 121 Å². The minimum Gasteiger partial charge on any atom is -0.466 e. The third-order valence-corrected chi connectivity index (χ3v) is 12.9. The van der Waals surface area contributed by atoms with Gasteiger partial charge in [-0.3, -0.25) is 9.59 Å². The first-order valence-corrected chi connectivity index (χ1v) is 21.0. The number of fused-ring (bicyclic) bond motifs is 1. The van der Waals surface area contributed by atoms with Crippen molar-refractivity contribution in [3.05, 3.63) is 58.1 Å². The molecule has 327 valence electrons. The Hall–Kier alpha value is -4.77. The lowest BCUT2D eigenvalue weighted by Crippen LogP contribution is -2.67. The molecule has 0 spiro atoms. The number of nitrogens with one attached hydrogen (secondary N) is 1. The molecular weight excluding hydrogens is 809 g/mol. The van der Waals surface area contributed by atoms with Crippen LogP contribution in [0.5, 0.6) is 0 Å². The number of halogens is 4. The predicted molar refractivity (Wildman–Crippen MR) is 216 cm³/mol. The number of urea groups is 1. The van der Waals surface area contributed by atoms with Crippen LogP contribution in [-0.2, 0) is 47.6 Å². The number of nitrogen functional groups attached to an aromatic ring is 1. The van der Waals surface area contributed by atoms with Gasteiger partial charge in [0, 0.05) is 76.6 Å². The highest BCUT2D eigenvalue weighted by atomic mass is 35.5. The van der Waals surface area contributed by atoms with Gasteiger partial charge in [0.1, 0.15) is 13.1 Å². The Morgan fingerprint density at radius 1 is 0.933 bits per heavy atom. The van der Waals surface area contributed by atoms with Gasteiger partial charge in [-0.1, -0.05) is 29.8 Å². The molecular formula is C42H54ClF3N6O8+. The van der Waals surface area contributed by atoms with Gasteiger partial charge in [0.25, 0.3) is 5.91 Å². The van der Waals surface area contributed by atoms with Crippen molar-refractivity contribution in [1.82, 2.24) is 19.6 Å². The third-order valence-electron chi connectivity index (χ3n) is 12.5. The van der Waals surface area contributed by atoms with E-state index in [4.69, 9.17) is 31.5 Å². The van der Waals surface area contributed by atoms with Crippen LogP contribution in [0.1, 0.15) is 76.0 Å². The quantitative estimate of drug-likeness (QED) is 0.127. The van der Waals surface area contributed by atoms with Gasteiger partial charge in [-0.2, -0.15) is 18.1 Å². The summed E-state index contributed by atoms with van der Waals surface area (Å²) in [5.74, 6) is -1.38. The number of likely N-dealkylation sites (tertiary alicyclic amines) is 3. The molecule has 6 rings (SSSR count). The second-order valence-electron chi connectivity index (χ2n) is 16.2. The van der Waals surface area contributed by atoms with Crippen molar-refractivity contribution in [2.75, 3.05) is 70.1 Å². The molecule has 2 aromatic carbocycles. The van der Waals surface area contributed by atoms with E-state index in [2.05, 4.69) is 5.32 Å². The summed E-state index contributed by atoms with van der Waals surface area (Å²) in [6.45, 7) is 7.56. The Balaban J connectivity index is 1.17. The van der Waals surface area contributed by atoms with Crippen LogP contribution >= 0.6 is 11.6 Å². The zero-order valence-corrected chi connectivity index (χ0v) is 35.0. The average molecular weight is 863 g/mol. The Bertz CT molecular complexity index is 1930. The minimum atomic E-state index is -4.84. The van der Waals surface area contributed by atoms with E-state index in [1.54, 1.807) is 18.7 Å². The smallest absolute Gasteiger partial charge is 0.418 e. The van der Waals surface area contributed by atoms with Crippen LogP contribution in [0.2, 0.25) is 5.02 Å². The molecule has 2 aromatic rings. The number of carbonyl (C=O) groups excluding carboxylic acids is 5. The topological polar surface area (TPSA) is 167 Å². The predicted octanol–water partition coefficient (Wildman–Crippen LogP) is 5.97. The lowest BCUT2D eigenvalue weighted by Gasteiger charge is -2.43. The molecule has 4 amide bonds. The molecule has 14 nitrogen and oxygen atoms in total. The summed E-state index contributed by atoms with van der Waals surface area (Å²) in [5.41, 5.74) is 3.81. The molecule has 1 radical (unpaired) electrons. The van der Waals surface area contributed by atoms with E-state index < -0.39 is 58.9 Å². The summed E-state index contributed by atoms with van der Waals surface area (Å²) in [4.78, 5) is 74.5. The average Bonchev–Trinajstić information content (AvgIpc) is 3.39. The Labute approximate surface area is 352 Å². The monoisotopic (exact) mass is 862 g/mol. The van der Waals surface area contributed by atoms with Gasteiger partial charge in [0.15, 0.2) is 6.10 Å². The number of piperidine rings is 3. The van der Waals surface area contributed by atoms with Gasteiger partial charge in [0.05, 0.1) is 34.9 Å². The molecule has 3 N–H and O–H groups in total. The van der Waals surface area contributed by atoms with Crippen LogP contribution in [0, 0.1) is 5.41 Å². The first-order chi connectivity index (χ1) is 28.5. The van der Waals surface area contributed by atoms with Crippen molar-refractivity contribution >= 4 is 52.9 Å². The maximum Gasteiger partial charge on any atom is 0.418 e. The number of carbonyl (C=O) groups is 5. The highest BCUT2D eigenvalue weighted by Gasteiger charge is 2.58. The van der Waals surface area contributed by atoms with Crippen LogP contribution in [0.4, 0.5) is 34.1 Å². The van der Waals surface area contributed by atoms with E-state index in [0.29, 0.717) is 51.7 Å². The maximum absolute atomic E-state index is 14.4. The molecule has 3 fully saturated rings. The first kappa shape index (κ1) is 44.8. The minimum absolute atomic E-state index is 0.0181. The maximum atomic E-state index is 14.4. The van der Waals surface area contributed by atoms with E-state index in [1.807, 2.05) is 36.1 Å². The van der Waals surface area contributed by atoms with Gasteiger partial charge in [-0.15, -0.1) is 0 Å². The zero-order chi connectivity index (χ0) is 43.4. The normalized spacial score (nSPS) is 20.3. The summed E-state index contributed by atoms with van der Waals surface area (Å²) >= 11 is 6.16. The van der Waals surface area contributed by atoms with Gasteiger partial charge >= 0.3 is 30.2 Å². The molecule has 4 aliphatic heterocycles. The standard InChI is InChI=1S/C42H54ClF3N6O8/c1-4-58-36(54)40(3)13-22-51(23-14-40)41(37(55)59-5-2)15-20-49(21-16-41)35(53)33(26-27-24-30(42(44,45)46)34(47)31(43)25-27)60-39(57)50-17-11-29(12-18-50)52-19-10-28-8-6-7-9-32(28)48-38(52)56/h6-9,24-25,29,33H,4-5,10-23,26,47H2,1-3H3,(H,48,56)/q+1/t33-/m1/s1. The lowest BCUT2D eigenvalue weighted by molar-refractivity contribution is -0.163. The van der Waals surface area contributed by atoms with Crippen LogP contribution < -0.4 is 16.0 Å². The van der Waals surface area contributed by atoms with Crippen molar-refractivity contribution in [2.45, 2.75) is 96.0 Å². The molecule has 0 bridgehead atoms. The summed E-state index contributed by atoms with van der Waals surface area (Å²) < 4.78 is 58.7. The van der Waals surface area contributed by atoms with E-state index in [1.165, 1.54) is 15.9 Å².